The number of furan rings is 1. The second-order valence-corrected chi connectivity index (χ2v) is 5.48. The summed E-state index contributed by atoms with van der Waals surface area (Å²) in [5.74, 6) is 1.10. The van der Waals surface area contributed by atoms with Crippen molar-refractivity contribution >= 4 is 17.5 Å². The Morgan fingerprint density at radius 2 is 2.06 bits per heavy atom. The van der Waals surface area contributed by atoms with Gasteiger partial charge in [0.2, 0.25) is 0 Å². The highest BCUT2D eigenvalue weighted by Gasteiger charge is 2.27. The van der Waals surface area contributed by atoms with E-state index in [1.165, 1.54) is 19.3 Å². The molecule has 0 radical (unpaired) electrons. The predicted molar refractivity (Wildman–Crippen MR) is 71.8 cm³/mol. The van der Waals surface area contributed by atoms with Crippen molar-refractivity contribution in [3.8, 4) is 0 Å². The van der Waals surface area contributed by atoms with Gasteiger partial charge < -0.3 is 9.32 Å². The molecule has 1 aliphatic rings. The molecule has 1 heterocycles. The molecule has 0 atom stereocenters. The third-order valence-corrected chi connectivity index (χ3v) is 4.25. The molecule has 2 rings (SSSR count). The molecule has 1 aromatic heterocycles. The first-order chi connectivity index (χ1) is 8.61. The number of nitrogens with zero attached hydrogens (tertiary/aromatic N) is 1. The van der Waals surface area contributed by atoms with E-state index in [-0.39, 0.29) is 11.1 Å². The maximum Gasteiger partial charge on any atom is 0.289 e. The molecule has 4 heteroatoms. The van der Waals surface area contributed by atoms with Crippen LogP contribution >= 0.6 is 11.6 Å². The average molecular weight is 270 g/mol. The Bertz CT molecular complexity index is 408. The highest BCUT2D eigenvalue weighted by Crippen LogP contribution is 2.29. The number of amides is 1. The van der Waals surface area contributed by atoms with E-state index >= 15 is 0 Å². The smallest absolute Gasteiger partial charge is 0.289 e. The summed E-state index contributed by atoms with van der Waals surface area (Å²) in [6.07, 6.45) is 5.87. The molecule has 0 spiro atoms. The maximum atomic E-state index is 12.2. The maximum absolute atomic E-state index is 12.2. The number of hydrogen-bond acceptors (Lipinski definition) is 2. The van der Waals surface area contributed by atoms with Crippen LogP contribution in [0.3, 0.4) is 0 Å². The number of carbonyl (C=O) groups excluding carboxylic acids is 1. The zero-order chi connectivity index (χ0) is 13.1. The van der Waals surface area contributed by atoms with Gasteiger partial charge in [-0.25, -0.2) is 0 Å². The van der Waals surface area contributed by atoms with Gasteiger partial charge in [0.15, 0.2) is 11.0 Å². The summed E-state index contributed by atoms with van der Waals surface area (Å²) in [7, 11) is 1.86. The number of halogens is 1. The molecule has 1 saturated carbocycles. The van der Waals surface area contributed by atoms with E-state index < -0.39 is 0 Å². The predicted octanol–water partition coefficient (Wildman–Crippen LogP) is 3.97. The molecule has 1 aromatic rings. The average Bonchev–Trinajstić information content (AvgIpc) is 2.84. The third kappa shape index (κ3) is 2.89. The summed E-state index contributed by atoms with van der Waals surface area (Å²) < 4.78 is 5.17. The van der Waals surface area contributed by atoms with Gasteiger partial charge in [0, 0.05) is 13.1 Å². The van der Waals surface area contributed by atoms with Gasteiger partial charge in [0.25, 0.3) is 5.91 Å². The molecule has 1 fully saturated rings. The molecule has 0 N–H and O–H groups in total. The van der Waals surface area contributed by atoms with Crippen LogP contribution in [0.5, 0.6) is 0 Å². The van der Waals surface area contributed by atoms with Crippen molar-refractivity contribution in [1.29, 1.82) is 0 Å². The molecule has 0 aliphatic heterocycles. The first kappa shape index (κ1) is 13.5. The monoisotopic (exact) mass is 269 g/mol. The lowest BCUT2D eigenvalue weighted by Gasteiger charge is -2.34. The zero-order valence-electron chi connectivity index (χ0n) is 11.0. The zero-order valence-corrected chi connectivity index (χ0v) is 11.7. The van der Waals surface area contributed by atoms with E-state index in [1.54, 1.807) is 17.0 Å². The molecule has 0 bridgehead atoms. The minimum Gasteiger partial charge on any atom is -0.440 e. The van der Waals surface area contributed by atoms with Gasteiger partial charge in [-0.2, -0.15) is 0 Å². The Kier molecular flexibility index (Phi) is 4.33. The van der Waals surface area contributed by atoms with Crippen LogP contribution < -0.4 is 0 Å². The fourth-order valence-corrected chi connectivity index (χ4v) is 2.86. The van der Waals surface area contributed by atoms with Crippen LogP contribution in [0.4, 0.5) is 0 Å². The summed E-state index contributed by atoms with van der Waals surface area (Å²) in [6.45, 7) is 2.24. The van der Waals surface area contributed by atoms with Crippen LogP contribution in [-0.2, 0) is 0 Å². The Labute approximate surface area is 113 Å². The summed E-state index contributed by atoms with van der Waals surface area (Å²) in [5.41, 5.74) is 0. The normalized spacial score (nSPS) is 23.9. The first-order valence-electron chi connectivity index (χ1n) is 6.64. The number of rotatable bonds is 3. The van der Waals surface area contributed by atoms with Gasteiger partial charge >= 0.3 is 0 Å². The first-order valence-corrected chi connectivity index (χ1v) is 7.02. The molecule has 3 nitrogen and oxygen atoms in total. The fourth-order valence-electron chi connectivity index (χ4n) is 2.71. The van der Waals surface area contributed by atoms with E-state index in [1.807, 2.05) is 7.05 Å². The standard InChI is InChI=1S/C14H20ClNO2/c1-3-10-4-6-11(7-5-10)16(2)14(17)12-8-9-13(15)18-12/h8-11H,3-7H2,1-2H3. The number of hydrogen-bond donors (Lipinski definition) is 0. The second-order valence-electron chi connectivity index (χ2n) is 5.10. The minimum absolute atomic E-state index is 0.0677. The van der Waals surface area contributed by atoms with Crippen molar-refractivity contribution < 1.29 is 9.21 Å². The second kappa shape index (κ2) is 5.79. The topological polar surface area (TPSA) is 33.5 Å². The van der Waals surface area contributed by atoms with Gasteiger partial charge in [0.1, 0.15) is 0 Å². The summed E-state index contributed by atoms with van der Waals surface area (Å²) >= 11 is 5.70. The molecule has 0 saturated heterocycles. The lowest BCUT2D eigenvalue weighted by molar-refractivity contribution is 0.0643. The third-order valence-electron chi connectivity index (χ3n) is 4.05. The Balaban J connectivity index is 1.95. The SMILES string of the molecule is CCC1CCC(N(C)C(=O)c2ccc(Cl)o2)CC1. The lowest BCUT2D eigenvalue weighted by Crippen LogP contribution is -2.39. The van der Waals surface area contributed by atoms with E-state index in [9.17, 15) is 4.79 Å². The molecule has 1 aliphatic carbocycles. The van der Waals surface area contributed by atoms with Gasteiger partial charge in [0.05, 0.1) is 0 Å². The summed E-state index contributed by atoms with van der Waals surface area (Å²) in [6, 6.07) is 3.58. The van der Waals surface area contributed by atoms with E-state index in [0.717, 1.165) is 18.8 Å². The van der Waals surface area contributed by atoms with Crippen LogP contribution in [0.2, 0.25) is 5.22 Å². The minimum atomic E-state index is -0.0677. The van der Waals surface area contributed by atoms with Crippen LogP contribution in [0.1, 0.15) is 49.6 Å². The molecule has 0 unspecified atom stereocenters. The molecule has 100 valence electrons. The van der Waals surface area contributed by atoms with Crippen molar-refractivity contribution in [3.63, 3.8) is 0 Å². The number of carbonyl (C=O) groups is 1. The fraction of sp³-hybridized carbons (Fsp3) is 0.643. The summed E-state index contributed by atoms with van der Waals surface area (Å²) in [5, 5.41) is 0.265. The highest BCUT2D eigenvalue weighted by molar-refractivity contribution is 6.29. The molecule has 0 aromatic carbocycles. The van der Waals surface area contributed by atoms with Crippen molar-refractivity contribution in [3.05, 3.63) is 23.1 Å². The van der Waals surface area contributed by atoms with Crippen LogP contribution in [0.25, 0.3) is 0 Å². The van der Waals surface area contributed by atoms with Crippen LogP contribution in [0.15, 0.2) is 16.5 Å². The van der Waals surface area contributed by atoms with Crippen molar-refractivity contribution in [1.82, 2.24) is 4.90 Å². The van der Waals surface area contributed by atoms with Crippen molar-refractivity contribution in [2.24, 2.45) is 5.92 Å². The van der Waals surface area contributed by atoms with Gasteiger partial charge in [-0.3, -0.25) is 4.79 Å². The van der Waals surface area contributed by atoms with Gasteiger partial charge in [-0.05, 0) is 55.3 Å². The molecular weight excluding hydrogens is 250 g/mol. The Morgan fingerprint density at radius 1 is 1.39 bits per heavy atom. The van der Waals surface area contributed by atoms with E-state index in [0.29, 0.717) is 11.8 Å². The van der Waals surface area contributed by atoms with E-state index in [2.05, 4.69) is 6.92 Å². The lowest BCUT2D eigenvalue weighted by atomic mass is 9.84. The van der Waals surface area contributed by atoms with Gasteiger partial charge in [-0.1, -0.05) is 13.3 Å². The Hall–Kier alpha value is -0.960. The van der Waals surface area contributed by atoms with Crippen LogP contribution in [-0.4, -0.2) is 23.9 Å². The molecular formula is C14H20ClNO2. The van der Waals surface area contributed by atoms with Crippen molar-refractivity contribution in [2.75, 3.05) is 7.05 Å². The largest absolute Gasteiger partial charge is 0.440 e. The quantitative estimate of drug-likeness (QED) is 0.832. The van der Waals surface area contributed by atoms with Crippen LogP contribution in [0, 0.1) is 5.92 Å². The highest BCUT2D eigenvalue weighted by atomic mass is 35.5. The van der Waals surface area contributed by atoms with Gasteiger partial charge in [-0.15, -0.1) is 0 Å². The molecule has 18 heavy (non-hydrogen) atoms. The molecule has 1 amide bonds. The Morgan fingerprint density at radius 3 is 2.56 bits per heavy atom. The van der Waals surface area contributed by atoms with E-state index in [4.69, 9.17) is 16.0 Å². The van der Waals surface area contributed by atoms with Crippen molar-refractivity contribution in [2.45, 2.75) is 45.1 Å². The summed E-state index contributed by atoms with van der Waals surface area (Å²) in [4.78, 5) is 14.0.